The SMILES string of the molecule is CC(NC(=O)N(C/C=C/c1ccc(F)cc1)CC1CCNCC1)C1CCCCC1. The largest absolute Gasteiger partial charge is 0.335 e. The van der Waals surface area contributed by atoms with Crippen molar-refractivity contribution < 1.29 is 9.18 Å². The van der Waals surface area contributed by atoms with Crippen LogP contribution in [0.25, 0.3) is 6.08 Å². The van der Waals surface area contributed by atoms with Crippen LogP contribution >= 0.6 is 0 Å². The van der Waals surface area contributed by atoms with Crippen molar-refractivity contribution in [2.45, 2.75) is 57.9 Å². The molecule has 160 valence electrons. The molecule has 3 rings (SSSR count). The molecule has 1 aliphatic heterocycles. The van der Waals surface area contributed by atoms with E-state index < -0.39 is 0 Å². The zero-order valence-corrected chi connectivity index (χ0v) is 17.7. The molecule has 5 heteroatoms. The Kier molecular flexibility index (Phi) is 8.53. The fourth-order valence-corrected chi connectivity index (χ4v) is 4.54. The molecule has 2 N–H and O–H groups in total. The first-order valence-corrected chi connectivity index (χ1v) is 11.3. The van der Waals surface area contributed by atoms with E-state index in [9.17, 15) is 9.18 Å². The molecule has 1 aromatic carbocycles. The summed E-state index contributed by atoms with van der Waals surface area (Å²) in [6.45, 7) is 5.59. The van der Waals surface area contributed by atoms with E-state index in [4.69, 9.17) is 0 Å². The van der Waals surface area contributed by atoms with Gasteiger partial charge in [0.15, 0.2) is 0 Å². The lowest BCUT2D eigenvalue weighted by atomic mass is 9.84. The van der Waals surface area contributed by atoms with E-state index >= 15 is 0 Å². The third-order valence-electron chi connectivity index (χ3n) is 6.44. The van der Waals surface area contributed by atoms with Crippen LogP contribution < -0.4 is 10.6 Å². The van der Waals surface area contributed by atoms with Crippen LogP contribution in [0.3, 0.4) is 0 Å². The summed E-state index contributed by atoms with van der Waals surface area (Å²) in [5.41, 5.74) is 0.948. The Morgan fingerprint density at radius 3 is 2.55 bits per heavy atom. The van der Waals surface area contributed by atoms with Crippen molar-refractivity contribution in [3.8, 4) is 0 Å². The summed E-state index contributed by atoms with van der Waals surface area (Å²) in [4.78, 5) is 15.0. The van der Waals surface area contributed by atoms with Crippen molar-refractivity contribution >= 4 is 12.1 Å². The van der Waals surface area contributed by atoms with Gasteiger partial charge in [0.2, 0.25) is 0 Å². The highest BCUT2D eigenvalue weighted by molar-refractivity contribution is 5.75. The van der Waals surface area contributed by atoms with Gasteiger partial charge in [-0.15, -0.1) is 0 Å². The highest BCUT2D eigenvalue weighted by Gasteiger charge is 2.25. The van der Waals surface area contributed by atoms with Gasteiger partial charge in [0.1, 0.15) is 5.82 Å². The van der Waals surface area contributed by atoms with Crippen LogP contribution in [0.15, 0.2) is 30.3 Å². The third kappa shape index (κ3) is 7.14. The van der Waals surface area contributed by atoms with E-state index in [2.05, 4.69) is 17.6 Å². The second kappa shape index (κ2) is 11.3. The lowest BCUT2D eigenvalue weighted by molar-refractivity contribution is 0.176. The minimum Gasteiger partial charge on any atom is -0.335 e. The van der Waals surface area contributed by atoms with Gasteiger partial charge in [-0.25, -0.2) is 9.18 Å². The molecule has 1 heterocycles. The van der Waals surface area contributed by atoms with Crippen molar-refractivity contribution in [1.82, 2.24) is 15.5 Å². The molecule has 2 amide bonds. The van der Waals surface area contributed by atoms with Crippen molar-refractivity contribution in [2.75, 3.05) is 26.2 Å². The number of nitrogens with zero attached hydrogens (tertiary/aromatic N) is 1. The van der Waals surface area contributed by atoms with Gasteiger partial charge in [0.05, 0.1) is 0 Å². The van der Waals surface area contributed by atoms with E-state index in [0.717, 1.165) is 38.0 Å². The average Bonchev–Trinajstić information content (AvgIpc) is 2.75. The maximum Gasteiger partial charge on any atom is 0.317 e. The normalized spacial score (nSPS) is 19.9. The highest BCUT2D eigenvalue weighted by atomic mass is 19.1. The molecule has 1 saturated heterocycles. The van der Waals surface area contributed by atoms with Crippen molar-refractivity contribution in [1.29, 1.82) is 0 Å². The van der Waals surface area contributed by atoms with Crippen molar-refractivity contribution in [3.05, 3.63) is 41.7 Å². The molecule has 0 spiro atoms. The van der Waals surface area contributed by atoms with Crippen LogP contribution in [0.1, 0.15) is 57.4 Å². The zero-order chi connectivity index (χ0) is 20.5. The predicted molar refractivity (Wildman–Crippen MR) is 117 cm³/mol. The number of nitrogens with one attached hydrogen (secondary N) is 2. The number of amides is 2. The van der Waals surface area contributed by atoms with Gasteiger partial charge in [0, 0.05) is 19.1 Å². The van der Waals surface area contributed by atoms with E-state index in [1.807, 2.05) is 17.1 Å². The lowest BCUT2D eigenvalue weighted by Gasteiger charge is -2.33. The molecule has 4 nitrogen and oxygen atoms in total. The molecule has 29 heavy (non-hydrogen) atoms. The Balaban J connectivity index is 1.59. The standard InChI is InChI=1S/C24H36FN3O/c1-19(22-7-3-2-4-8-22)27-24(29)28(18-21-13-15-26-16-14-21)17-5-6-20-9-11-23(25)12-10-20/h5-6,9-12,19,21-22,26H,2-4,7-8,13-18H2,1H3,(H,27,29)/b6-5+. The zero-order valence-electron chi connectivity index (χ0n) is 17.7. The smallest absolute Gasteiger partial charge is 0.317 e. The Morgan fingerprint density at radius 1 is 1.17 bits per heavy atom. The summed E-state index contributed by atoms with van der Waals surface area (Å²) < 4.78 is 13.1. The van der Waals surface area contributed by atoms with E-state index in [0.29, 0.717) is 18.4 Å². The number of hydrogen-bond acceptors (Lipinski definition) is 2. The molecule has 1 aliphatic carbocycles. The second-order valence-corrected chi connectivity index (χ2v) is 8.69. The van der Waals surface area contributed by atoms with Crippen molar-refractivity contribution in [3.63, 3.8) is 0 Å². The Hall–Kier alpha value is -1.88. The van der Waals surface area contributed by atoms with E-state index in [1.165, 1.54) is 44.2 Å². The number of benzene rings is 1. The fourth-order valence-electron chi connectivity index (χ4n) is 4.54. The second-order valence-electron chi connectivity index (χ2n) is 8.69. The molecular formula is C24H36FN3O. The molecule has 0 bridgehead atoms. The van der Waals surface area contributed by atoms with Gasteiger partial charge in [-0.05, 0) is 75.2 Å². The molecule has 1 saturated carbocycles. The van der Waals surface area contributed by atoms with Gasteiger partial charge in [-0.3, -0.25) is 0 Å². The third-order valence-corrected chi connectivity index (χ3v) is 6.44. The minimum absolute atomic E-state index is 0.0466. The molecule has 1 aromatic rings. The highest BCUT2D eigenvalue weighted by Crippen LogP contribution is 2.26. The van der Waals surface area contributed by atoms with Gasteiger partial charge >= 0.3 is 6.03 Å². The van der Waals surface area contributed by atoms with Gasteiger partial charge < -0.3 is 15.5 Å². The Bertz CT molecular complexity index is 649. The summed E-state index contributed by atoms with van der Waals surface area (Å²) in [6.07, 6.45) is 12.5. The summed E-state index contributed by atoms with van der Waals surface area (Å²) in [6, 6.07) is 6.71. The number of rotatable bonds is 7. The average molecular weight is 402 g/mol. The Labute approximate surface area is 174 Å². The van der Waals surface area contributed by atoms with Crippen LogP contribution in [-0.4, -0.2) is 43.2 Å². The van der Waals surface area contributed by atoms with Crippen LogP contribution in [0.5, 0.6) is 0 Å². The number of carbonyl (C=O) groups excluding carboxylic acids is 1. The minimum atomic E-state index is -0.231. The van der Waals surface area contributed by atoms with Crippen molar-refractivity contribution in [2.24, 2.45) is 11.8 Å². The molecule has 0 aromatic heterocycles. The number of piperidine rings is 1. The van der Waals surface area contributed by atoms with Gasteiger partial charge in [-0.1, -0.05) is 43.5 Å². The summed E-state index contributed by atoms with van der Waals surface area (Å²) in [7, 11) is 0. The van der Waals surface area contributed by atoms with E-state index in [1.54, 1.807) is 12.1 Å². The molecule has 2 fully saturated rings. The number of halogens is 1. The first-order chi connectivity index (χ1) is 14.1. The summed E-state index contributed by atoms with van der Waals surface area (Å²) in [5.74, 6) is 0.917. The lowest BCUT2D eigenvalue weighted by Crippen LogP contribution is -2.49. The summed E-state index contributed by atoms with van der Waals surface area (Å²) >= 11 is 0. The Morgan fingerprint density at radius 2 is 1.86 bits per heavy atom. The number of urea groups is 1. The van der Waals surface area contributed by atoms with Gasteiger partial charge in [0.25, 0.3) is 0 Å². The van der Waals surface area contributed by atoms with Crippen LogP contribution in [0.4, 0.5) is 9.18 Å². The molecular weight excluding hydrogens is 365 g/mol. The maximum atomic E-state index is 13.1. The first kappa shape index (κ1) is 21.8. The summed E-state index contributed by atoms with van der Waals surface area (Å²) in [5, 5.41) is 6.68. The maximum absolute atomic E-state index is 13.1. The first-order valence-electron chi connectivity index (χ1n) is 11.3. The van der Waals surface area contributed by atoms with E-state index in [-0.39, 0.29) is 17.9 Å². The van der Waals surface area contributed by atoms with Gasteiger partial charge in [-0.2, -0.15) is 0 Å². The van der Waals surface area contributed by atoms with Crippen LogP contribution in [0.2, 0.25) is 0 Å². The molecule has 1 unspecified atom stereocenters. The predicted octanol–water partition coefficient (Wildman–Crippen LogP) is 4.82. The monoisotopic (exact) mass is 401 g/mol. The number of hydrogen-bond donors (Lipinski definition) is 2. The molecule has 0 radical (unpaired) electrons. The fraction of sp³-hybridized carbons (Fsp3) is 0.625. The van der Waals surface area contributed by atoms with Crippen LogP contribution in [0, 0.1) is 17.7 Å². The molecule has 2 aliphatic rings. The quantitative estimate of drug-likeness (QED) is 0.688. The molecule has 1 atom stereocenters. The topological polar surface area (TPSA) is 44.4 Å². The van der Waals surface area contributed by atoms with Crippen LogP contribution in [-0.2, 0) is 0 Å². The number of carbonyl (C=O) groups is 1.